The predicted molar refractivity (Wildman–Crippen MR) is 74.9 cm³/mol. The molecule has 1 amide bonds. The van der Waals surface area contributed by atoms with Gasteiger partial charge >= 0.3 is 7.62 Å². The lowest BCUT2D eigenvalue weighted by Crippen LogP contribution is -2.48. The molecule has 5 heteroatoms. The van der Waals surface area contributed by atoms with E-state index in [1.54, 1.807) is 14.7 Å². The summed E-state index contributed by atoms with van der Waals surface area (Å²) in [6, 6.07) is 8.20. The molecule has 4 nitrogen and oxygen atoms in total. The predicted octanol–water partition coefficient (Wildman–Crippen LogP) is 1.54. The summed E-state index contributed by atoms with van der Waals surface area (Å²) < 4.78 is 5.07. The van der Waals surface area contributed by atoms with Gasteiger partial charge in [-0.25, -0.2) is 0 Å². The molecule has 1 aromatic rings. The summed E-state index contributed by atoms with van der Waals surface area (Å²) >= 11 is 0. The fraction of sp³-hybridized carbons (Fsp3) is 0.500. The first-order chi connectivity index (χ1) is 9.23. The lowest BCUT2D eigenvalue weighted by Gasteiger charge is -2.44. The molecule has 1 spiro atoms. The molecule has 0 unspecified atom stereocenters. The van der Waals surface area contributed by atoms with Crippen molar-refractivity contribution in [2.24, 2.45) is 0 Å². The standard InChI is InChI=1S/C14H18BN2O2/c1-19-15-17-8-6-14(7-9-17)10-13(18)16-12-5-3-2-4-11(12)14/h2-5H,6-10H2,1H3,(H,16,18). The Balaban J connectivity index is 1.87. The van der Waals surface area contributed by atoms with Crippen molar-refractivity contribution in [1.29, 1.82) is 0 Å². The number of hydrogen-bond donors (Lipinski definition) is 1. The Morgan fingerprint density at radius 2 is 2.05 bits per heavy atom. The maximum atomic E-state index is 11.9. The molecular weight excluding hydrogens is 239 g/mol. The van der Waals surface area contributed by atoms with E-state index in [0.717, 1.165) is 31.6 Å². The number of nitrogens with one attached hydrogen (secondary N) is 1. The van der Waals surface area contributed by atoms with Crippen molar-refractivity contribution in [2.45, 2.75) is 24.7 Å². The first kappa shape index (κ1) is 12.7. The van der Waals surface area contributed by atoms with Crippen LogP contribution in [0.3, 0.4) is 0 Å². The molecule has 3 rings (SSSR count). The molecule has 19 heavy (non-hydrogen) atoms. The van der Waals surface area contributed by atoms with Crippen LogP contribution in [0.25, 0.3) is 0 Å². The van der Waals surface area contributed by atoms with Crippen molar-refractivity contribution in [2.75, 3.05) is 25.5 Å². The molecule has 2 aliphatic heterocycles. The maximum Gasteiger partial charge on any atom is 0.398 e. The lowest BCUT2D eigenvalue weighted by atomic mass is 9.67. The average Bonchev–Trinajstić information content (AvgIpc) is 2.42. The van der Waals surface area contributed by atoms with Gasteiger partial charge in [-0.1, -0.05) is 18.2 Å². The summed E-state index contributed by atoms with van der Waals surface area (Å²) in [5.74, 6) is 0.142. The molecular formula is C14H18BN2O2. The fourth-order valence-corrected chi connectivity index (χ4v) is 3.30. The summed E-state index contributed by atoms with van der Waals surface area (Å²) in [4.78, 5) is 14.1. The molecule has 1 saturated heterocycles. The number of amides is 1. The number of hydrogen-bond acceptors (Lipinski definition) is 3. The number of carbonyl (C=O) groups is 1. The second-order valence-electron chi connectivity index (χ2n) is 5.43. The molecule has 0 bridgehead atoms. The molecule has 1 radical (unpaired) electrons. The summed E-state index contributed by atoms with van der Waals surface area (Å²) in [7, 11) is 3.45. The van der Waals surface area contributed by atoms with Crippen molar-refractivity contribution in [3.63, 3.8) is 0 Å². The lowest BCUT2D eigenvalue weighted by molar-refractivity contribution is -0.118. The molecule has 0 saturated carbocycles. The Labute approximate surface area is 114 Å². The number of piperidine rings is 1. The summed E-state index contributed by atoms with van der Waals surface area (Å²) in [5.41, 5.74) is 2.30. The Morgan fingerprint density at radius 1 is 1.32 bits per heavy atom. The van der Waals surface area contributed by atoms with Gasteiger partial charge in [0.2, 0.25) is 5.91 Å². The largest absolute Gasteiger partial charge is 0.427 e. The minimum atomic E-state index is 0.0109. The van der Waals surface area contributed by atoms with Crippen LogP contribution in [0.15, 0.2) is 24.3 Å². The van der Waals surface area contributed by atoms with E-state index < -0.39 is 0 Å². The highest BCUT2D eigenvalue weighted by Gasteiger charge is 2.42. The highest BCUT2D eigenvalue weighted by Crippen LogP contribution is 2.44. The van der Waals surface area contributed by atoms with Gasteiger partial charge in [0.25, 0.3) is 0 Å². The number of benzene rings is 1. The minimum absolute atomic E-state index is 0.0109. The maximum absolute atomic E-state index is 11.9. The van der Waals surface area contributed by atoms with Gasteiger partial charge in [-0.2, -0.15) is 0 Å². The Bertz CT molecular complexity index is 484. The summed E-state index contributed by atoms with van der Waals surface area (Å²) in [6.45, 7) is 1.88. The number of anilines is 1. The van der Waals surface area contributed by atoms with Crippen LogP contribution >= 0.6 is 0 Å². The van der Waals surface area contributed by atoms with Gasteiger partial charge in [0.05, 0.1) is 0 Å². The smallest absolute Gasteiger partial charge is 0.398 e. The molecule has 1 N–H and O–H groups in total. The number of para-hydroxylation sites is 1. The molecule has 0 atom stereocenters. The van der Waals surface area contributed by atoms with Gasteiger partial charge in [-0.05, 0) is 37.6 Å². The van der Waals surface area contributed by atoms with Gasteiger partial charge in [0.1, 0.15) is 0 Å². The molecule has 1 fully saturated rings. The van der Waals surface area contributed by atoms with Crippen LogP contribution in [0, 0.1) is 0 Å². The van der Waals surface area contributed by atoms with Crippen molar-refractivity contribution in [3.8, 4) is 0 Å². The van der Waals surface area contributed by atoms with Gasteiger partial charge in [-0.15, -0.1) is 0 Å². The quantitative estimate of drug-likeness (QED) is 0.817. The first-order valence-corrected chi connectivity index (χ1v) is 6.73. The van der Waals surface area contributed by atoms with Gasteiger partial charge in [0, 0.05) is 24.6 Å². The van der Waals surface area contributed by atoms with Crippen molar-refractivity contribution < 1.29 is 9.45 Å². The van der Waals surface area contributed by atoms with Crippen LogP contribution in [-0.2, 0) is 14.9 Å². The van der Waals surface area contributed by atoms with Crippen LogP contribution in [0.1, 0.15) is 24.8 Å². The van der Waals surface area contributed by atoms with E-state index in [-0.39, 0.29) is 11.3 Å². The number of nitrogens with zero attached hydrogens (tertiary/aromatic N) is 1. The monoisotopic (exact) mass is 257 g/mol. The number of carbonyl (C=O) groups excluding carboxylic acids is 1. The molecule has 2 heterocycles. The second-order valence-corrected chi connectivity index (χ2v) is 5.43. The van der Waals surface area contributed by atoms with E-state index in [2.05, 4.69) is 22.3 Å². The van der Waals surface area contributed by atoms with E-state index in [0.29, 0.717) is 6.42 Å². The summed E-state index contributed by atoms with van der Waals surface area (Å²) in [6.07, 6.45) is 2.60. The second kappa shape index (κ2) is 4.98. The highest BCUT2D eigenvalue weighted by molar-refractivity contribution is 6.23. The molecule has 1 aromatic carbocycles. The number of rotatable bonds is 2. The van der Waals surface area contributed by atoms with E-state index >= 15 is 0 Å². The van der Waals surface area contributed by atoms with Gasteiger partial charge in [-0.3, -0.25) is 4.79 Å². The van der Waals surface area contributed by atoms with Crippen LogP contribution in [0.4, 0.5) is 5.69 Å². The molecule has 0 aromatic heterocycles. The van der Waals surface area contributed by atoms with E-state index in [4.69, 9.17) is 4.65 Å². The molecule has 0 aliphatic carbocycles. The average molecular weight is 257 g/mol. The zero-order valence-electron chi connectivity index (χ0n) is 11.2. The topological polar surface area (TPSA) is 41.6 Å². The third kappa shape index (κ3) is 2.28. The van der Waals surface area contributed by atoms with E-state index in [1.807, 2.05) is 12.1 Å². The van der Waals surface area contributed by atoms with Crippen molar-refractivity contribution in [1.82, 2.24) is 4.81 Å². The SMILES string of the molecule is CO[B]N1CCC2(CC1)CC(=O)Nc1ccccc12. The van der Waals surface area contributed by atoms with Crippen LogP contribution in [0.5, 0.6) is 0 Å². The van der Waals surface area contributed by atoms with Crippen molar-refractivity contribution in [3.05, 3.63) is 29.8 Å². The van der Waals surface area contributed by atoms with Crippen LogP contribution < -0.4 is 5.32 Å². The van der Waals surface area contributed by atoms with Crippen molar-refractivity contribution >= 4 is 19.2 Å². The highest BCUT2D eigenvalue weighted by atomic mass is 16.4. The molecule has 99 valence electrons. The fourth-order valence-electron chi connectivity index (χ4n) is 3.30. The van der Waals surface area contributed by atoms with Gasteiger partial charge in [0.15, 0.2) is 0 Å². The molecule has 2 aliphatic rings. The van der Waals surface area contributed by atoms with E-state index in [9.17, 15) is 4.79 Å². The summed E-state index contributed by atoms with van der Waals surface area (Å²) in [5, 5.41) is 2.98. The van der Waals surface area contributed by atoms with Gasteiger partial charge < -0.3 is 14.8 Å². The zero-order valence-corrected chi connectivity index (χ0v) is 11.2. The third-order valence-electron chi connectivity index (χ3n) is 4.28. The Morgan fingerprint density at radius 3 is 2.79 bits per heavy atom. The normalized spacial score (nSPS) is 21.8. The Kier molecular flexibility index (Phi) is 3.33. The van der Waals surface area contributed by atoms with Crippen LogP contribution in [0.2, 0.25) is 0 Å². The third-order valence-corrected chi connectivity index (χ3v) is 4.28. The first-order valence-electron chi connectivity index (χ1n) is 6.73. The zero-order chi connectivity index (χ0) is 13.3. The number of fused-ring (bicyclic) bond motifs is 2. The van der Waals surface area contributed by atoms with Crippen LogP contribution in [-0.4, -0.2) is 38.5 Å². The minimum Gasteiger partial charge on any atom is -0.427 e. The Hall–Kier alpha value is -1.33. The van der Waals surface area contributed by atoms with E-state index in [1.165, 1.54) is 5.56 Å².